The van der Waals surface area contributed by atoms with Gasteiger partial charge in [0.15, 0.2) is 5.69 Å². The van der Waals surface area contributed by atoms with Gasteiger partial charge in [-0.15, -0.1) is 0 Å². The number of hydrogen-bond acceptors (Lipinski definition) is 3. The maximum absolute atomic E-state index is 12.6. The van der Waals surface area contributed by atoms with E-state index in [0.29, 0.717) is 18.2 Å². The second-order valence-electron chi connectivity index (χ2n) is 6.21. The molecule has 0 unspecified atom stereocenters. The van der Waals surface area contributed by atoms with Gasteiger partial charge < -0.3 is 4.90 Å². The van der Waals surface area contributed by atoms with Gasteiger partial charge in [-0.05, 0) is 49.3 Å². The summed E-state index contributed by atoms with van der Waals surface area (Å²) in [5.41, 5.74) is 4.06. The number of H-pyrrole nitrogens is 1. The number of aromatic amines is 1. The van der Waals surface area contributed by atoms with Crippen molar-refractivity contribution in [3.8, 4) is 0 Å². The number of aryl methyl sites for hydroxylation is 1. The van der Waals surface area contributed by atoms with Crippen LogP contribution in [0.15, 0.2) is 24.5 Å². The molecule has 0 saturated carbocycles. The highest BCUT2D eigenvalue weighted by molar-refractivity contribution is 5.93. The number of hydrogen-bond donors (Lipinski definition) is 1. The van der Waals surface area contributed by atoms with E-state index in [-0.39, 0.29) is 5.91 Å². The molecular weight excluding hydrogens is 276 g/mol. The smallest absolute Gasteiger partial charge is 0.274 e. The summed E-state index contributed by atoms with van der Waals surface area (Å²) in [5.74, 6) is 0.638. The lowest BCUT2D eigenvalue weighted by molar-refractivity contribution is 0.0789. The lowest BCUT2D eigenvalue weighted by Gasteiger charge is -2.20. The number of carbonyl (C=O) groups excluding carboxylic acids is 1. The molecule has 22 heavy (non-hydrogen) atoms. The van der Waals surface area contributed by atoms with Crippen LogP contribution in [0.3, 0.4) is 0 Å². The standard InChI is InChI=1S/C17H22N4O/c1-12-3-4-15-14(11-12)16(20-19-15)17(22)21(2)10-7-13-5-8-18-9-6-13/h5-6,8-9,12H,3-4,7,10-11H2,1-2H3,(H,19,20)/t12-/m0/s1. The average molecular weight is 298 g/mol. The summed E-state index contributed by atoms with van der Waals surface area (Å²) in [6.45, 7) is 2.91. The molecule has 0 radical (unpaired) electrons. The number of pyridine rings is 1. The van der Waals surface area contributed by atoms with Crippen molar-refractivity contribution in [2.45, 2.75) is 32.6 Å². The van der Waals surface area contributed by atoms with Crippen LogP contribution >= 0.6 is 0 Å². The first-order valence-corrected chi connectivity index (χ1v) is 7.85. The third kappa shape index (κ3) is 3.03. The van der Waals surface area contributed by atoms with E-state index in [4.69, 9.17) is 0 Å². The monoisotopic (exact) mass is 298 g/mol. The van der Waals surface area contributed by atoms with Gasteiger partial charge in [-0.1, -0.05) is 6.92 Å². The topological polar surface area (TPSA) is 61.9 Å². The van der Waals surface area contributed by atoms with Gasteiger partial charge in [-0.3, -0.25) is 14.9 Å². The summed E-state index contributed by atoms with van der Waals surface area (Å²) in [6.07, 6.45) is 7.50. The molecule has 0 fully saturated rings. The molecular formula is C17H22N4O. The highest BCUT2D eigenvalue weighted by atomic mass is 16.2. The molecule has 0 bridgehead atoms. The fourth-order valence-corrected chi connectivity index (χ4v) is 2.97. The zero-order chi connectivity index (χ0) is 15.5. The predicted octanol–water partition coefficient (Wildman–Crippen LogP) is 2.24. The Labute approximate surface area is 130 Å². The molecule has 2 aromatic rings. The van der Waals surface area contributed by atoms with Crippen LogP contribution in [0.4, 0.5) is 0 Å². The van der Waals surface area contributed by atoms with E-state index in [1.807, 2.05) is 19.2 Å². The van der Waals surface area contributed by atoms with Gasteiger partial charge in [0.25, 0.3) is 5.91 Å². The Hall–Kier alpha value is -2.17. The van der Waals surface area contributed by atoms with Crippen molar-refractivity contribution in [2.75, 3.05) is 13.6 Å². The first-order valence-electron chi connectivity index (χ1n) is 7.85. The molecule has 1 aliphatic rings. The summed E-state index contributed by atoms with van der Waals surface area (Å²) in [7, 11) is 1.84. The maximum Gasteiger partial charge on any atom is 0.274 e. The summed E-state index contributed by atoms with van der Waals surface area (Å²) in [4.78, 5) is 18.4. The molecule has 1 N–H and O–H groups in total. The van der Waals surface area contributed by atoms with Crippen LogP contribution in [-0.4, -0.2) is 39.6 Å². The minimum atomic E-state index is 0.0145. The summed E-state index contributed by atoms with van der Waals surface area (Å²) in [5, 5.41) is 7.33. The lowest BCUT2D eigenvalue weighted by atomic mass is 9.87. The van der Waals surface area contributed by atoms with E-state index in [9.17, 15) is 4.79 Å². The molecule has 3 rings (SSSR count). The summed E-state index contributed by atoms with van der Waals surface area (Å²) in [6, 6.07) is 3.97. The first-order chi connectivity index (χ1) is 10.6. The largest absolute Gasteiger partial charge is 0.340 e. The van der Waals surface area contributed by atoms with Crippen molar-refractivity contribution < 1.29 is 4.79 Å². The molecule has 5 nitrogen and oxygen atoms in total. The maximum atomic E-state index is 12.6. The number of amides is 1. The quantitative estimate of drug-likeness (QED) is 0.941. The molecule has 0 aromatic carbocycles. The Kier molecular flexibility index (Phi) is 4.22. The normalized spacial score (nSPS) is 17.1. The molecule has 1 amide bonds. The van der Waals surface area contributed by atoms with Gasteiger partial charge in [0.05, 0.1) is 0 Å². The van der Waals surface area contributed by atoms with E-state index >= 15 is 0 Å². The van der Waals surface area contributed by atoms with Gasteiger partial charge in [0.1, 0.15) is 0 Å². The van der Waals surface area contributed by atoms with Crippen molar-refractivity contribution in [3.05, 3.63) is 47.0 Å². The molecule has 1 atom stereocenters. The summed E-state index contributed by atoms with van der Waals surface area (Å²) < 4.78 is 0. The van der Waals surface area contributed by atoms with Crippen molar-refractivity contribution in [3.63, 3.8) is 0 Å². The van der Waals surface area contributed by atoms with Crippen LogP contribution in [0.2, 0.25) is 0 Å². The fourth-order valence-electron chi connectivity index (χ4n) is 2.97. The Morgan fingerprint density at radius 1 is 1.41 bits per heavy atom. The zero-order valence-electron chi connectivity index (χ0n) is 13.2. The molecule has 1 aliphatic carbocycles. The van der Waals surface area contributed by atoms with E-state index in [1.165, 1.54) is 12.0 Å². The molecule has 0 aliphatic heterocycles. The number of rotatable bonds is 4. The minimum absolute atomic E-state index is 0.0145. The molecule has 0 saturated heterocycles. The number of nitrogens with zero attached hydrogens (tertiary/aromatic N) is 3. The number of fused-ring (bicyclic) bond motifs is 1. The second-order valence-corrected chi connectivity index (χ2v) is 6.21. The average Bonchev–Trinajstić information content (AvgIpc) is 2.95. The summed E-state index contributed by atoms with van der Waals surface area (Å²) >= 11 is 0. The number of nitrogens with one attached hydrogen (secondary N) is 1. The van der Waals surface area contributed by atoms with Crippen molar-refractivity contribution >= 4 is 5.91 Å². The highest BCUT2D eigenvalue weighted by Gasteiger charge is 2.26. The molecule has 116 valence electrons. The van der Waals surface area contributed by atoms with Crippen LogP contribution in [0.1, 0.15) is 40.7 Å². The van der Waals surface area contributed by atoms with E-state index in [0.717, 1.165) is 30.5 Å². The third-order valence-corrected chi connectivity index (χ3v) is 4.43. The van der Waals surface area contributed by atoms with Crippen molar-refractivity contribution in [2.24, 2.45) is 5.92 Å². The zero-order valence-corrected chi connectivity index (χ0v) is 13.2. The SMILES string of the molecule is C[C@H]1CCc2[nH]nc(C(=O)N(C)CCc3ccncc3)c2C1. The van der Waals surface area contributed by atoms with Gasteiger partial charge in [0, 0.05) is 37.2 Å². The predicted molar refractivity (Wildman–Crippen MR) is 84.7 cm³/mol. The Balaban J connectivity index is 1.67. The molecule has 0 spiro atoms. The lowest BCUT2D eigenvalue weighted by Crippen LogP contribution is -2.30. The van der Waals surface area contributed by atoms with Crippen LogP contribution in [0.25, 0.3) is 0 Å². The molecule has 2 aromatic heterocycles. The second kappa shape index (κ2) is 6.30. The number of likely N-dealkylation sites (N-methyl/N-ethyl adjacent to an activating group) is 1. The molecule has 5 heteroatoms. The molecule has 2 heterocycles. The van der Waals surface area contributed by atoms with Crippen molar-refractivity contribution in [1.29, 1.82) is 0 Å². The Bertz CT molecular complexity index is 650. The minimum Gasteiger partial charge on any atom is -0.340 e. The Morgan fingerprint density at radius 2 is 2.18 bits per heavy atom. The van der Waals surface area contributed by atoms with Crippen LogP contribution in [-0.2, 0) is 19.3 Å². The van der Waals surface area contributed by atoms with E-state index in [1.54, 1.807) is 17.3 Å². The van der Waals surface area contributed by atoms with Crippen LogP contribution in [0.5, 0.6) is 0 Å². The first kappa shape index (κ1) is 14.8. The third-order valence-electron chi connectivity index (χ3n) is 4.43. The van der Waals surface area contributed by atoms with Gasteiger partial charge in [0.2, 0.25) is 0 Å². The Morgan fingerprint density at radius 3 is 2.95 bits per heavy atom. The van der Waals surface area contributed by atoms with E-state index < -0.39 is 0 Å². The van der Waals surface area contributed by atoms with Crippen LogP contribution < -0.4 is 0 Å². The number of carbonyl (C=O) groups is 1. The van der Waals surface area contributed by atoms with Gasteiger partial charge in [-0.2, -0.15) is 5.10 Å². The van der Waals surface area contributed by atoms with E-state index in [2.05, 4.69) is 22.1 Å². The van der Waals surface area contributed by atoms with Crippen molar-refractivity contribution in [1.82, 2.24) is 20.1 Å². The van der Waals surface area contributed by atoms with Gasteiger partial charge in [-0.25, -0.2) is 0 Å². The fraction of sp³-hybridized carbons (Fsp3) is 0.471. The number of aromatic nitrogens is 3. The van der Waals surface area contributed by atoms with Crippen LogP contribution in [0, 0.1) is 5.92 Å². The highest BCUT2D eigenvalue weighted by Crippen LogP contribution is 2.26. The van der Waals surface area contributed by atoms with Gasteiger partial charge >= 0.3 is 0 Å².